The van der Waals surface area contributed by atoms with E-state index in [1.54, 1.807) is 7.11 Å². The number of ether oxygens (including phenoxy) is 1. The van der Waals surface area contributed by atoms with Crippen LogP contribution in [0.2, 0.25) is 0 Å². The summed E-state index contributed by atoms with van der Waals surface area (Å²) in [5, 5.41) is 10.6. The van der Waals surface area contributed by atoms with Gasteiger partial charge in [-0.3, -0.25) is 0 Å². The molecule has 0 bridgehead atoms. The van der Waals surface area contributed by atoms with Gasteiger partial charge in [0.05, 0.1) is 13.2 Å². The van der Waals surface area contributed by atoms with Crippen LogP contribution in [0, 0.1) is 12.8 Å². The number of likely N-dealkylation sites (tertiary alicyclic amines) is 1. The van der Waals surface area contributed by atoms with Crippen LogP contribution in [0.5, 0.6) is 5.75 Å². The highest BCUT2D eigenvalue weighted by Crippen LogP contribution is 2.28. The lowest BCUT2D eigenvalue weighted by Crippen LogP contribution is -2.30. The van der Waals surface area contributed by atoms with E-state index in [2.05, 4.69) is 11.8 Å². The number of aryl methyl sites for hydroxylation is 1. The maximum absolute atomic E-state index is 10.6. The first kappa shape index (κ1) is 16.3. The largest absolute Gasteiger partial charge is 0.496 e. The molecule has 0 radical (unpaired) electrons. The van der Waals surface area contributed by atoms with E-state index in [4.69, 9.17) is 4.74 Å². The van der Waals surface area contributed by atoms with Crippen molar-refractivity contribution in [3.05, 3.63) is 29.3 Å². The third-order valence-corrected chi connectivity index (χ3v) is 4.69. The van der Waals surface area contributed by atoms with Crippen molar-refractivity contribution in [3.63, 3.8) is 0 Å². The van der Waals surface area contributed by atoms with Crippen molar-refractivity contribution < 1.29 is 9.84 Å². The van der Waals surface area contributed by atoms with Crippen LogP contribution >= 0.6 is 0 Å². The molecule has 0 aromatic heterocycles. The first-order valence-electron chi connectivity index (χ1n) is 8.19. The predicted octanol–water partition coefficient (Wildman–Crippen LogP) is 3.55. The van der Waals surface area contributed by atoms with Gasteiger partial charge < -0.3 is 14.7 Å². The van der Waals surface area contributed by atoms with Crippen LogP contribution in [0.4, 0.5) is 0 Å². The number of benzene rings is 1. The molecule has 2 unspecified atom stereocenters. The SMILES string of the molecule is CCC1CCCN(CC(O)c2cc(C)ccc2OC)CC1. The summed E-state index contributed by atoms with van der Waals surface area (Å²) >= 11 is 0. The molecular weight excluding hydrogens is 262 g/mol. The van der Waals surface area contributed by atoms with Crippen LogP contribution in [-0.2, 0) is 0 Å². The number of β-amino-alcohol motifs (C(OH)–C–C–N with tert-alkyl or cyclic N) is 1. The number of nitrogens with zero attached hydrogens (tertiary/aromatic N) is 1. The second-order valence-corrected chi connectivity index (χ2v) is 6.27. The van der Waals surface area contributed by atoms with Crippen molar-refractivity contribution in [1.82, 2.24) is 4.90 Å². The van der Waals surface area contributed by atoms with Crippen molar-refractivity contribution >= 4 is 0 Å². The molecule has 0 spiro atoms. The van der Waals surface area contributed by atoms with Gasteiger partial charge in [0.25, 0.3) is 0 Å². The molecule has 0 saturated carbocycles. The molecule has 3 nitrogen and oxygen atoms in total. The number of rotatable bonds is 5. The van der Waals surface area contributed by atoms with Gasteiger partial charge in [0, 0.05) is 12.1 Å². The summed E-state index contributed by atoms with van der Waals surface area (Å²) in [5.74, 6) is 1.65. The maximum Gasteiger partial charge on any atom is 0.124 e. The third kappa shape index (κ3) is 4.45. The minimum atomic E-state index is -0.474. The number of hydrogen-bond donors (Lipinski definition) is 1. The normalized spacial score (nSPS) is 21.8. The highest BCUT2D eigenvalue weighted by Gasteiger charge is 2.20. The van der Waals surface area contributed by atoms with Crippen LogP contribution in [0.15, 0.2) is 18.2 Å². The standard InChI is InChI=1S/C18H29NO2/c1-4-15-6-5-10-19(11-9-15)13-17(20)16-12-14(2)7-8-18(16)21-3/h7-8,12,15,17,20H,4-6,9-11,13H2,1-3H3. The average molecular weight is 291 g/mol. The van der Waals surface area contributed by atoms with Crippen molar-refractivity contribution in [1.29, 1.82) is 0 Å². The van der Waals surface area contributed by atoms with E-state index in [0.717, 1.165) is 35.9 Å². The lowest BCUT2D eigenvalue weighted by Gasteiger charge is -2.24. The van der Waals surface area contributed by atoms with Crippen LogP contribution < -0.4 is 4.74 Å². The summed E-state index contributed by atoms with van der Waals surface area (Å²) in [6.07, 6.45) is 4.64. The van der Waals surface area contributed by atoms with E-state index in [-0.39, 0.29) is 0 Å². The first-order chi connectivity index (χ1) is 10.1. The molecule has 1 aliphatic heterocycles. The first-order valence-corrected chi connectivity index (χ1v) is 8.19. The van der Waals surface area contributed by atoms with Crippen molar-refractivity contribution in [3.8, 4) is 5.75 Å². The molecule has 1 fully saturated rings. The highest BCUT2D eigenvalue weighted by molar-refractivity contribution is 5.38. The lowest BCUT2D eigenvalue weighted by atomic mass is 9.98. The fourth-order valence-electron chi connectivity index (χ4n) is 3.27. The number of methoxy groups -OCH3 is 1. The van der Waals surface area contributed by atoms with Crippen LogP contribution in [0.3, 0.4) is 0 Å². The highest BCUT2D eigenvalue weighted by atomic mass is 16.5. The Morgan fingerprint density at radius 2 is 2.14 bits per heavy atom. The molecule has 1 aromatic rings. The van der Waals surface area contributed by atoms with Crippen LogP contribution in [0.25, 0.3) is 0 Å². The van der Waals surface area contributed by atoms with Gasteiger partial charge in [0.2, 0.25) is 0 Å². The summed E-state index contributed by atoms with van der Waals surface area (Å²) in [7, 11) is 1.67. The van der Waals surface area contributed by atoms with Crippen molar-refractivity contribution in [2.45, 2.75) is 45.6 Å². The minimum absolute atomic E-state index is 0.474. The molecule has 118 valence electrons. The van der Waals surface area contributed by atoms with Crippen molar-refractivity contribution in [2.75, 3.05) is 26.7 Å². The fraction of sp³-hybridized carbons (Fsp3) is 0.667. The van der Waals surface area contributed by atoms with Gasteiger partial charge in [0.1, 0.15) is 5.75 Å². The van der Waals surface area contributed by atoms with Gasteiger partial charge >= 0.3 is 0 Å². The quantitative estimate of drug-likeness (QED) is 0.900. The molecule has 0 amide bonds. The molecule has 21 heavy (non-hydrogen) atoms. The molecule has 1 saturated heterocycles. The molecule has 0 aliphatic carbocycles. The Morgan fingerprint density at radius 1 is 1.33 bits per heavy atom. The van der Waals surface area contributed by atoms with Crippen LogP contribution in [-0.4, -0.2) is 36.8 Å². The number of aliphatic hydroxyl groups excluding tert-OH is 1. The molecule has 1 aliphatic rings. The number of hydrogen-bond acceptors (Lipinski definition) is 3. The van der Waals surface area contributed by atoms with Gasteiger partial charge in [0.15, 0.2) is 0 Å². The summed E-state index contributed by atoms with van der Waals surface area (Å²) in [4.78, 5) is 2.40. The monoisotopic (exact) mass is 291 g/mol. The van der Waals surface area contributed by atoms with E-state index >= 15 is 0 Å². The summed E-state index contributed by atoms with van der Waals surface area (Å²) in [6.45, 7) is 7.24. The van der Waals surface area contributed by atoms with Gasteiger partial charge in [-0.25, -0.2) is 0 Å². The van der Waals surface area contributed by atoms with Gasteiger partial charge in [-0.2, -0.15) is 0 Å². The zero-order chi connectivity index (χ0) is 15.2. The van der Waals surface area contributed by atoms with E-state index in [1.807, 2.05) is 25.1 Å². The maximum atomic E-state index is 10.6. The third-order valence-electron chi connectivity index (χ3n) is 4.69. The second kappa shape index (κ2) is 7.81. The molecule has 1 N–H and O–H groups in total. The molecule has 1 heterocycles. The predicted molar refractivity (Wildman–Crippen MR) is 86.8 cm³/mol. The Labute approximate surface area is 128 Å². The molecule has 3 heteroatoms. The molecule has 1 aromatic carbocycles. The topological polar surface area (TPSA) is 32.7 Å². The Kier molecular flexibility index (Phi) is 6.07. The van der Waals surface area contributed by atoms with Crippen molar-refractivity contribution in [2.24, 2.45) is 5.92 Å². The van der Waals surface area contributed by atoms with Gasteiger partial charge in [-0.15, -0.1) is 0 Å². The fourth-order valence-corrected chi connectivity index (χ4v) is 3.27. The van der Waals surface area contributed by atoms with E-state index < -0.39 is 6.10 Å². The van der Waals surface area contributed by atoms with Gasteiger partial charge in [-0.05, 0) is 57.3 Å². The van der Waals surface area contributed by atoms with Gasteiger partial charge in [-0.1, -0.05) is 25.0 Å². The minimum Gasteiger partial charge on any atom is -0.496 e. The summed E-state index contributed by atoms with van der Waals surface area (Å²) < 4.78 is 5.39. The second-order valence-electron chi connectivity index (χ2n) is 6.27. The Balaban J connectivity index is 2.00. The average Bonchev–Trinajstić information content (AvgIpc) is 2.72. The Hall–Kier alpha value is -1.06. The van der Waals surface area contributed by atoms with E-state index in [1.165, 1.54) is 25.7 Å². The number of aliphatic hydroxyl groups is 1. The summed E-state index contributed by atoms with van der Waals surface area (Å²) in [6, 6.07) is 6.01. The molecular formula is C18H29NO2. The Bertz CT molecular complexity index is 447. The smallest absolute Gasteiger partial charge is 0.124 e. The zero-order valence-corrected chi connectivity index (χ0v) is 13.6. The molecule has 2 rings (SSSR count). The zero-order valence-electron chi connectivity index (χ0n) is 13.6. The van der Waals surface area contributed by atoms with E-state index in [9.17, 15) is 5.11 Å². The lowest BCUT2D eigenvalue weighted by molar-refractivity contribution is 0.112. The molecule has 2 atom stereocenters. The van der Waals surface area contributed by atoms with E-state index in [0.29, 0.717) is 6.54 Å². The van der Waals surface area contributed by atoms with Crippen LogP contribution in [0.1, 0.15) is 49.8 Å². The summed E-state index contributed by atoms with van der Waals surface area (Å²) in [5.41, 5.74) is 2.07. The Morgan fingerprint density at radius 3 is 2.86 bits per heavy atom.